The number of nitrogens with zero attached hydrogens (tertiary/aromatic N) is 3. The Bertz CT molecular complexity index is 502. The molecule has 0 saturated carbocycles. The first-order chi connectivity index (χ1) is 8.16. The molecule has 0 aliphatic heterocycles. The van der Waals surface area contributed by atoms with Crippen molar-refractivity contribution in [3.8, 4) is 0 Å². The Morgan fingerprint density at radius 3 is 2.65 bits per heavy atom. The van der Waals surface area contributed by atoms with E-state index in [9.17, 15) is 0 Å². The third kappa shape index (κ3) is 2.84. The molecule has 1 heterocycles. The fourth-order valence-electron chi connectivity index (χ4n) is 1.85. The summed E-state index contributed by atoms with van der Waals surface area (Å²) >= 11 is 0. The van der Waals surface area contributed by atoms with E-state index in [4.69, 9.17) is 0 Å². The summed E-state index contributed by atoms with van der Waals surface area (Å²) in [6.45, 7) is 4.89. The maximum Gasteiger partial charge on any atom is 0.147 e. The van der Waals surface area contributed by atoms with Gasteiger partial charge in [0, 0.05) is 25.7 Å². The minimum atomic E-state index is 0.832. The Morgan fingerprint density at radius 1 is 1.24 bits per heavy atom. The molecular weight excluding hydrogens is 212 g/mol. The number of hydrogen-bond donors (Lipinski definition) is 1. The Labute approximate surface area is 102 Å². The van der Waals surface area contributed by atoms with Crippen LogP contribution in [-0.2, 0) is 13.5 Å². The molecule has 17 heavy (non-hydrogen) atoms. The van der Waals surface area contributed by atoms with Crippen LogP contribution in [0.25, 0.3) is 0 Å². The molecule has 1 aromatic heterocycles. The van der Waals surface area contributed by atoms with Gasteiger partial charge in [0.15, 0.2) is 0 Å². The standard InChI is InChI=1S/C13H18N4/c1-10-6-4-5-7-12(10)14-9-8-13-15-11(2)16-17(13)3/h4-7,14H,8-9H2,1-3H3. The molecule has 1 aromatic carbocycles. The van der Waals surface area contributed by atoms with Crippen LogP contribution in [0.3, 0.4) is 0 Å². The molecule has 0 aliphatic carbocycles. The van der Waals surface area contributed by atoms with Crippen molar-refractivity contribution in [2.45, 2.75) is 20.3 Å². The molecule has 0 bridgehead atoms. The van der Waals surface area contributed by atoms with Gasteiger partial charge in [-0.05, 0) is 25.5 Å². The monoisotopic (exact) mass is 230 g/mol. The number of nitrogens with one attached hydrogen (secondary N) is 1. The summed E-state index contributed by atoms with van der Waals surface area (Å²) in [4.78, 5) is 4.38. The number of para-hydroxylation sites is 1. The number of rotatable bonds is 4. The van der Waals surface area contributed by atoms with E-state index in [1.807, 2.05) is 30.8 Å². The van der Waals surface area contributed by atoms with Gasteiger partial charge in [0.2, 0.25) is 0 Å². The predicted octanol–water partition coefficient (Wildman–Crippen LogP) is 2.09. The lowest BCUT2D eigenvalue weighted by Gasteiger charge is -2.08. The summed E-state index contributed by atoms with van der Waals surface area (Å²) in [6.07, 6.45) is 0.881. The lowest BCUT2D eigenvalue weighted by molar-refractivity contribution is 0.698. The third-order valence-corrected chi connectivity index (χ3v) is 2.77. The quantitative estimate of drug-likeness (QED) is 0.874. The van der Waals surface area contributed by atoms with Crippen LogP contribution in [0.2, 0.25) is 0 Å². The summed E-state index contributed by atoms with van der Waals surface area (Å²) in [6, 6.07) is 8.29. The molecule has 2 rings (SSSR count). The molecule has 0 radical (unpaired) electrons. The Balaban J connectivity index is 1.92. The van der Waals surface area contributed by atoms with Crippen LogP contribution in [0.4, 0.5) is 5.69 Å². The van der Waals surface area contributed by atoms with E-state index in [0.717, 1.165) is 24.6 Å². The van der Waals surface area contributed by atoms with Crippen molar-refractivity contribution >= 4 is 5.69 Å². The molecular formula is C13H18N4. The van der Waals surface area contributed by atoms with Crippen molar-refractivity contribution in [2.75, 3.05) is 11.9 Å². The molecule has 0 atom stereocenters. The third-order valence-electron chi connectivity index (χ3n) is 2.77. The predicted molar refractivity (Wildman–Crippen MR) is 69.1 cm³/mol. The zero-order valence-corrected chi connectivity index (χ0v) is 10.6. The van der Waals surface area contributed by atoms with Gasteiger partial charge in [0.25, 0.3) is 0 Å². The minimum absolute atomic E-state index is 0.832. The summed E-state index contributed by atoms with van der Waals surface area (Å²) < 4.78 is 1.84. The molecule has 0 unspecified atom stereocenters. The van der Waals surface area contributed by atoms with Crippen molar-refractivity contribution < 1.29 is 0 Å². The van der Waals surface area contributed by atoms with E-state index in [-0.39, 0.29) is 0 Å². The van der Waals surface area contributed by atoms with Crippen LogP contribution in [0.15, 0.2) is 24.3 Å². The first-order valence-electron chi connectivity index (χ1n) is 5.83. The molecule has 0 fully saturated rings. The van der Waals surface area contributed by atoms with E-state index in [1.54, 1.807) is 0 Å². The summed E-state index contributed by atoms with van der Waals surface area (Å²) in [7, 11) is 1.93. The van der Waals surface area contributed by atoms with Crippen LogP contribution >= 0.6 is 0 Å². The van der Waals surface area contributed by atoms with Gasteiger partial charge in [-0.3, -0.25) is 4.68 Å². The maximum atomic E-state index is 4.38. The highest BCUT2D eigenvalue weighted by molar-refractivity contribution is 5.50. The largest absolute Gasteiger partial charge is 0.384 e. The molecule has 90 valence electrons. The zero-order valence-electron chi connectivity index (χ0n) is 10.6. The Hall–Kier alpha value is -1.84. The minimum Gasteiger partial charge on any atom is -0.384 e. The molecule has 0 aliphatic rings. The lowest BCUT2D eigenvalue weighted by Crippen LogP contribution is -2.09. The van der Waals surface area contributed by atoms with Gasteiger partial charge in [-0.25, -0.2) is 4.98 Å². The SMILES string of the molecule is Cc1nc(CCNc2ccccc2C)n(C)n1. The molecule has 0 spiro atoms. The second-order valence-electron chi connectivity index (χ2n) is 4.19. The smallest absolute Gasteiger partial charge is 0.147 e. The normalized spacial score (nSPS) is 10.5. The van der Waals surface area contributed by atoms with E-state index in [1.165, 1.54) is 11.3 Å². The fourth-order valence-corrected chi connectivity index (χ4v) is 1.85. The second kappa shape index (κ2) is 4.99. The summed E-state index contributed by atoms with van der Waals surface area (Å²) in [5.41, 5.74) is 2.45. The van der Waals surface area contributed by atoms with Gasteiger partial charge >= 0.3 is 0 Å². The first-order valence-corrected chi connectivity index (χ1v) is 5.83. The van der Waals surface area contributed by atoms with E-state index in [2.05, 4.69) is 34.5 Å². The molecule has 0 saturated heterocycles. The molecule has 1 N–H and O–H groups in total. The zero-order chi connectivity index (χ0) is 12.3. The van der Waals surface area contributed by atoms with Crippen LogP contribution < -0.4 is 5.32 Å². The van der Waals surface area contributed by atoms with Gasteiger partial charge in [-0.1, -0.05) is 18.2 Å². The van der Waals surface area contributed by atoms with Crippen molar-refractivity contribution in [3.05, 3.63) is 41.5 Å². The van der Waals surface area contributed by atoms with Crippen molar-refractivity contribution in [1.29, 1.82) is 0 Å². The van der Waals surface area contributed by atoms with Crippen LogP contribution in [0.1, 0.15) is 17.2 Å². The van der Waals surface area contributed by atoms with E-state index in [0.29, 0.717) is 0 Å². The summed E-state index contributed by atoms with van der Waals surface area (Å²) in [5, 5.41) is 7.65. The highest BCUT2D eigenvalue weighted by atomic mass is 15.3. The first kappa shape index (κ1) is 11.6. The number of aryl methyl sites for hydroxylation is 3. The molecule has 4 nitrogen and oxygen atoms in total. The Morgan fingerprint density at radius 2 is 2.00 bits per heavy atom. The average Bonchev–Trinajstić information content (AvgIpc) is 2.60. The van der Waals surface area contributed by atoms with Crippen molar-refractivity contribution in [2.24, 2.45) is 7.05 Å². The molecule has 0 amide bonds. The van der Waals surface area contributed by atoms with Gasteiger partial charge < -0.3 is 5.32 Å². The summed E-state index contributed by atoms with van der Waals surface area (Å²) in [5.74, 6) is 1.85. The van der Waals surface area contributed by atoms with E-state index < -0.39 is 0 Å². The van der Waals surface area contributed by atoms with Gasteiger partial charge in [-0.2, -0.15) is 5.10 Å². The second-order valence-corrected chi connectivity index (χ2v) is 4.19. The van der Waals surface area contributed by atoms with Gasteiger partial charge in [-0.15, -0.1) is 0 Å². The van der Waals surface area contributed by atoms with Crippen LogP contribution in [0.5, 0.6) is 0 Å². The number of hydrogen-bond acceptors (Lipinski definition) is 3. The highest BCUT2D eigenvalue weighted by Crippen LogP contribution is 2.12. The number of anilines is 1. The van der Waals surface area contributed by atoms with E-state index >= 15 is 0 Å². The lowest BCUT2D eigenvalue weighted by atomic mass is 10.2. The average molecular weight is 230 g/mol. The number of aromatic nitrogens is 3. The van der Waals surface area contributed by atoms with Crippen LogP contribution in [0, 0.1) is 13.8 Å². The van der Waals surface area contributed by atoms with Crippen LogP contribution in [-0.4, -0.2) is 21.3 Å². The topological polar surface area (TPSA) is 42.7 Å². The van der Waals surface area contributed by atoms with Gasteiger partial charge in [0.1, 0.15) is 11.6 Å². The van der Waals surface area contributed by atoms with Crippen molar-refractivity contribution in [3.63, 3.8) is 0 Å². The highest BCUT2D eigenvalue weighted by Gasteiger charge is 2.03. The fraction of sp³-hybridized carbons (Fsp3) is 0.385. The van der Waals surface area contributed by atoms with Gasteiger partial charge in [0.05, 0.1) is 0 Å². The van der Waals surface area contributed by atoms with Crippen molar-refractivity contribution in [1.82, 2.24) is 14.8 Å². The maximum absolute atomic E-state index is 4.38. The Kier molecular flexibility index (Phi) is 3.42. The number of benzene rings is 1. The molecule has 2 aromatic rings. The molecule has 4 heteroatoms.